The zero-order valence-corrected chi connectivity index (χ0v) is 29.7. The summed E-state index contributed by atoms with van der Waals surface area (Å²) in [5.41, 5.74) is 1.89. The van der Waals surface area contributed by atoms with Crippen LogP contribution in [-0.4, -0.2) is 97.9 Å². The average molecular weight is 725 g/mol. The molecule has 4 rings (SSSR count). The Kier molecular flexibility index (Phi) is 12.7. The summed E-state index contributed by atoms with van der Waals surface area (Å²) in [6, 6.07) is 4.76. The van der Waals surface area contributed by atoms with Gasteiger partial charge in [-0.3, -0.25) is 24.0 Å². The zero-order valence-electron chi connectivity index (χ0n) is 28.9. The van der Waals surface area contributed by atoms with Gasteiger partial charge in [-0.1, -0.05) is 38.1 Å². The van der Waals surface area contributed by atoms with Crippen LogP contribution in [0.4, 0.5) is 0 Å². The van der Waals surface area contributed by atoms with Gasteiger partial charge in [0.05, 0.1) is 11.1 Å². The molecule has 0 spiro atoms. The Morgan fingerprint density at radius 2 is 1.65 bits per heavy atom. The van der Waals surface area contributed by atoms with Gasteiger partial charge in [0.2, 0.25) is 23.6 Å². The van der Waals surface area contributed by atoms with Gasteiger partial charge >= 0.3 is 5.97 Å². The number of para-hydroxylation sites is 1. The molecular formula is C35H44N6O9S. The van der Waals surface area contributed by atoms with Crippen LogP contribution >= 0.6 is 11.8 Å². The van der Waals surface area contributed by atoms with Crippen molar-refractivity contribution >= 4 is 58.2 Å². The number of carboxylic acid groups (broad SMARTS) is 1. The van der Waals surface area contributed by atoms with Crippen molar-refractivity contribution in [1.82, 2.24) is 31.6 Å². The number of carbonyl (C=O) groups is 6. The Morgan fingerprint density at radius 1 is 0.941 bits per heavy atom. The first kappa shape index (κ1) is 38.7. The SMILES string of the molecule is Cc1ccc(O)cc1C(=O)N[C@H]1Cc2c([nH]c3ccccc23)SC[C@@H](C(=O)O)NC(=O)[C@H]([C@@H](C)O)NC(=O)[C@@H](C)NC(=O)[C@H](CC(C)C)NC1=O. The molecule has 2 aromatic carbocycles. The van der Waals surface area contributed by atoms with Crippen molar-refractivity contribution in [2.24, 2.45) is 5.92 Å². The van der Waals surface area contributed by atoms with Gasteiger partial charge in [-0.25, -0.2) is 4.79 Å². The largest absolute Gasteiger partial charge is 0.508 e. The number of aromatic hydroxyl groups is 1. The average Bonchev–Trinajstić information content (AvgIpc) is 3.41. The van der Waals surface area contributed by atoms with E-state index in [1.165, 1.54) is 26.0 Å². The van der Waals surface area contributed by atoms with Crippen molar-refractivity contribution in [2.45, 2.75) is 88.8 Å². The minimum Gasteiger partial charge on any atom is -0.508 e. The van der Waals surface area contributed by atoms with Crippen molar-refractivity contribution in [1.29, 1.82) is 0 Å². The van der Waals surface area contributed by atoms with Crippen LogP contribution in [-0.2, 0) is 30.4 Å². The normalized spacial score (nSPS) is 23.2. The number of aryl methyl sites for hydroxylation is 1. The van der Waals surface area contributed by atoms with E-state index in [1.54, 1.807) is 37.3 Å². The second-order valence-corrected chi connectivity index (χ2v) is 14.1. The Hall–Kier alpha value is -5.09. The molecule has 0 saturated carbocycles. The van der Waals surface area contributed by atoms with E-state index in [0.717, 1.165) is 11.8 Å². The second kappa shape index (κ2) is 16.7. The molecule has 15 nitrogen and oxygen atoms in total. The maximum atomic E-state index is 14.2. The zero-order chi connectivity index (χ0) is 37.6. The molecule has 5 amide bonds. The number of amides is 5. The number of phenols is 1. The fraction of sp³-hybridized carbons (Fsp3) is 0.429. The summed E-state index contributed by atoms with van der Waals surface area (Å²) in [6.07, 6.45) is -1.36. The predicted molar refractivity (Wildman–Crippen MR) is 189 cm³/mol. The number of hydrogen-bond donors (Lipinski definition) is 9. The number of aliphatic hydroxyl groups is 1. The maximum absolute atomic E-state index is 14.2. The van der Waals surface area contributed by atoms with E-state index in [4.69, 9.17) is 0 Å². The number of aromatic nitrogens is 1. The molecule has 9 N–H and O–H groups in total. The third-order valence-electron chi connectivity index (χ3n) is 8.43. The number of aromatic amines is 1. The highest BCUT2D eigenvalue weighted by Gasteiger charge is 2.34. The molecule has 1 aromatic heterocycles. The summed E-state index contributed by atoms with van der Waals surface area (Å²) in [7, 11) is 0. The number of benzene rings is 2. The molecule has 6 atom stereocenters. The second-order valence-electron chi connectivity index (χ2n) is 13.1. The van der Waals surface area contributed by atoms with E-state index in [1.807, 2.05) is 13.8 Å². The van der Waals surface area contributed by atoms with E-state index < -0.39 is 71.8 Å². The fourth-order valence-electron chi connectivity index (χ4n) is 5.65. The molecule has 0 aliphatic carbocycles. The fourth-order valence-corrected chi connectivity index (χ4v) is 6.76. The molecule has 3 aromatic rings. The van der Waals surface area contributed by atoms with Gasteiger partial charge < -0.3 is 46.9 Å². The first-order chi connectivity index (χ1) is 24.0. The number of rotatable bonds is 6. The Balaban J connectivity index is 1.82. The quantitative estimate of drug-likeness (QED) is 0.175. The summed E-state index contributed by atoms with van der Waals surface area (Å²) < 4.78 is 0. The van der Waals surface area contributed by atoms with Crippen LogP contribution in [0.1, 0.15) is 55.6 Å². The number of carbonyl (C=O) groups excluding carboxylic acids is 5. The highest BCUT2D eigenvalue weighted by Crippen LogP contribution is 2.32. The summed E-state index contributed by atoms with van der Waals surface area (Å²) in [5, 5.41) is 44.4. The van der Waals surface area contributed by atoms with Crippen LogP contribution in [0.3, 0.4) is 0 Å². The number of carboxylic acids is 1. The van der Waals surface area contributed by atoms with Gasteiger partial charge in [-0.05, 0) is 62.4 Å². The Labute approximate surface area is 298 Å². The smallest absolute Gasteiger partial charge is 0.327 e. The number of nitrogens with one attached hydrogen (secondary N) is 6. The molecule has 2 heterocycles. The van der Waals surface area contributed by atoms with Crippen molar-refractivity contribution in [2.75, 3.05) is 5.75 Å². The monoisotopic (exact) mass is 724 g/mol. The first-order valence-electron chi connectivity index (χ1n) is 16.5. The molecular weight excluding hydrogens is 680 g/mol. The van der Waals surface area contributed by atoms with E-state index in [0.29, 0.717) is 27.1 Å². The molecule has 0 fully saturated rings. The maximum Gasteiger partial charge on any atom is 0.327 e. The minimum absolute atomic E-state index is 0.0897. The molecule has 0 bridgehead atoms. The topological polar surface area (TPSA) is 239 Å². The van der Waals surface area contributed by atoms with Gasteiger partial charge in [0, 0.05) is 28.6 Å². The molecule has 51 heavy (non-hydrogen) atoms. The van der Waals surface area contributed by atoms with E-state index in [2.05, 4.69) is 31.6 Å². The molecule has 16 heteroatoms. The van der Waals surface area contributed by atoms with Gasteiger partial charge in [0.1, 0.15) is 36.0 Å². The van der Waals surface area contributed by atoms with Gasteiger partial charge in [0.15, 0.2) is 0 Å². The highest BCUT2D eigenvalue weighted by molar-refractivity contribution is 7.99. The molecule has 0 saturated heterocycles. The minimum atomic E-state index is -1.54. The molecule has 274 valence electrons. The van der Waals surface area contributed by atoms with E-state index in [-0.39, 0.29) is 35.8 Å². The Morgan fingerprint density at radius 3 is 2.31 bits per heavy atom. The number of phenolic OH excluding ortho intramolecular Hbond substituents is 1. The van der Waals surface area contributed by atoms with Crippen molar-refractivity contribution in [3.8, 4) is 5.75 Å². The highest BCUT2D eigenvalue weighted by atomic mass is 32.2. The van der Waals surface area contributed by atoms with Crippen molar-refractivity contribution in [3.63, 3.8) is 0 Å². The van der Waals surface area contributed by atoms with Crippen molar-refractivity contribution in [3.05, 3.63) is 59.2 Å². The van der Waals surface area contributed by atoms with Crippen LogP contribution in [0.25, 0.3) is 10.9 Å². The van der Waals surface area contributed by atoms with Crippen LogP contribution in [0.2, 0.25) is 0 Å². The number of fused-ring (bicyclic) bond motifs is 3. The number of thioether (sulfide) groups is 1. The number of aliphatic hydroxyl groups excluding tert-OH is 1. The number of hydrogen-bond acceptors (Lipinski definition) is 9. The standard InChI is InChI=1S/C35H44N6O9S/c1-16(2)12-25-31(46)36-18(4)29(44)41-28(19(5)42)33(48)39-27(35(49)50)15-51-34-23(21-8-6-7-9-24(21)40-34)14-26(32(47)38-25)37-30(45)22-13-20(43)11-10-17(22)3/h6-11,13,16,18-19,25-28,40,42-43H,12,14-15H2,1-5H3,(H,36,46)(H,37,45)(H,38,47)(H,39,48)(H,41,44)(H,49,50)/t18-,19-,25+,26+,27+,28+/m1/s1. The summed E-state index contributed by atoms with van der Waals surface area (Å²) in [4.78, 5) is 83.3. The number of H-pyrrole nitrogens is 1. The summed E-state index contributed by atoms with van der Waals surface area (Å²) >= 11 is 1.05. The lowest BCUT2D eigenvalue weighted by molar-refractivity contribution is -0.142. The van der Waals surface area contributed by atoms with Crippen molar-refractivity contribution < 1.29 is 44.1 Å². The summed E-state index contributed by atoms with van der Waals surface area (Å²) in [6.45, 7) is 7.97. The van der Waals surface area contributed by atoms with Gasteiger partial charge in [-0.2, -0.15) is 0 Å². The van der Waals surface area contributed by atoms with E-state index in [9.17, 15) is 44.1 Å². The van der Waals surface area contributed by atoms with Crippen LogP contribution in [0, 0.1) is 12.8 Å². The molecule has 1 aliphatic heterocycles. The Bertz CT molecular complexity index is 1810. The van der Waals surface area contributed by atoms with Crippen LogP contribution in [0.5, 0.6) is 5.75 Å². The number of aliphatic carboxylic acids is 1. The molecule has 0 radical (unpaired) electrons. The van der Waals surface area contributed by atoms with E-state index >= 15 is 0 Å². The molecule has 1 aliphatic rings. The lowest BCUT2D eigenvalue weighted by Crippen LogP contribution is -2.60. The molecule has 0 unspecified atom stereocenters. The van der Waals surface area contributed by atoms with Gasteiger partial charge in [0.25, 0.3) is 5.91 Å². The third kappa shape index (κ3) is 9.79. The van der Waals surface area contributed by atoms with Crippen LogP contribution < -0.4 is 26.6 Å². The van der Waals surface area contributed by atoms with Crippen LogP contribution in [0.15, 0.2) is 47.5 Å². The third-order valence-corrected chi connectivity index (χ3v) is 9.57. The first-order valence-corrected chi connectivity index (χ1v) is 17.5. The summed E-state index contributed by atoms with van der Waals surface area (Å²) in [5.74, 6) is -5.66. The predicted octanol–water partition coefficient (Wildman–Crippen LogP) is 1.10. The lowest BCUT2D eigenvalue weighted by Gasteiger charge is -2.27. The van der Waals surface area contributed by atoms with Gasteiger partial charge in [-0.15, -0.1) is 11.8 Å². The lowest BCUT2D eigenvalue weighted by atomic mass is 10.00.